The fraction of sp³-hybridized carbons (Fsp3) is 0.533. The van der Waals surface area contributed by atoms with Crippen LogP contribution in [0.2, 0.25) is 5.02 Å². The lowest BCUT2D eigenvalue weighted by atomic mass is 9.83. The van der Waals surface area contributed by atoms with Crippen molar-refractivity contribution in [3.63, 3.8) is 0 Å². The van der Waals surface area contributed by atoms with Crippen molar-refractivity contribution in [2.24, 2.45) is 11.7 Å². The molecule has 0 radical (unpaired) electrons. The SMILES string of the molecule is CN(C(=O)c1ccc(I)c(Cl)c1)C1CCCCC1CN. The molecule has 2 rings (SSSR count). The predicted molar refractivity (Wildman–Crippen MR) is 91.1 cm³/mol. The number of nitrogens with zero attached hydrogens (tertiary/aromatic N) is 1. The number of rotatable bonds is 3. The molecule has 1 aliphatic carbocycles. The van der Waals surface area contributed by atoms with Crippen LogP contribution >= 0.6 is 34.2 Å². The third kappa shape index (κ3) is 3.46. The van der Waals surface area contributed by atoms with E-state index in [1.54, 1.807) is 6.07 Å². The van der Waals surface area contributed by atoms with Gasteiger partial charge in [-0.1, -0.05) is 24.4 Å². The lowest BCUT2D eigenvalue weighted by Crippen LogP contribution is -2.45. The van der Waals surface area contributed by atoms with Crippen LogP contribution in [0.1, 0.15) is 36.0 Å². The molecule has 5 heteroatoms. The van der Waals surface area contributed by atoms with Gasteiger partial charge in [0, 0.05) is 22.2 Å². The standard InChI is InChI=1S/C15H20ClIN2O/c1-19(14-5-3-2-4-11(14)9-18)15(20)10-6-7-13(17)12(16)8-10/h6-8,11,14H,2-5,9,18H2,1H3. The number of benzene rings is 1. The van der Waals surface area contributed by atoms with Crippen LogP contribution in [0.5, 0.6) is 0 Å². The van der Waals surface area contributed by atoms with E-state index < -0.39 is 0 Å². The molecule has 2 N–H and O–H groups in total. The Labute approximate surface area is 139 Å². The first kappa shape index (κ1) is 16.0. The smallest absolute Gasteiger partial charge is 0.253 e. The molecule has 1 aromatic rings. The fourth-order valence-corrected chi connectivity index (χ4v) is 3.47. The summed E-state index contributed by atoms with van der Waals surface area (Å²) in [6.45, 7) is 0.649. The van der Waals surface area contributed by atoms with Gasteiger partial charge >= 0.3 is 0 Å². The van der Waals surface area contributed by atoms with Crippen LogP contribution in [0.25, 0.3) is 0 Å². The molecule has 0 heterocycles. The van der Waals surface area contributed by atoms with Crippen LogP contribution in [0.3, 0.4) is 0 Å². The highest BCUT2D eigenvalue weighted by molar-refractivity contribution is 14.1. The van der Waals surface area contributed by atoms with Crippen molar-refractivity contribution in [1.29, 1.82) is 0 Å². The molecule has 1 amide bonds. The molecule has 1 aliphatic rings. The highest BCUT2D eigenvalue weighted by Crippen LogP contribution is 2.28. The summed E-state index contributed by atoms with van der Waals surface area (Å²) in [5, 5.41) is 0.629. The molecule has 1 aromatic carbocycles. The Balaban J connectivity index is 2.16. The molecule has 0 spiro atoms. The van der Waals surface area contributed by atoms with Crippen molar-refractivity contribution in [3.8, 4) is 0 Å². The van der Waals surface area contributed by atoms with E-state index in [0.717, 1.165) is 16.4 Å². The first-order chi connectivity index (χ1) is 9.54. The molecule has 2 unspecified atom stereocenters. The second kappa shape index (κ2) is 7.09. The molecule has 3 nitrogen and oxygen atoms in total. The minimum Gasteiger partial charge on any atom is -0.338 e. The Bertz CT molecular complexity index is 495. The number of amides is 1. The van der Waals surface area contributed by atoms with E-state index in [1.807, 2.05) is 24.1 Å². The third-order valence-electron chi connectivity index (χ3n) is 4.16. The maximum atomic E-state index is 12.6. The fourth-order valence-electron chi connectivity index (χ4n) is 2.96. The third-order valence-corrected chi connectivity index (χ3v) is 5.73. The van der Waals surface area contributed by atoms with E-state index in [0.29, 0.717) is 23.0 Å². The van der Waals surface area contributed by atoms with Gasteiger partial charge in [0.05, 0.1) is 5.02 Å². The first-order valence-corrected chi connectivity index (χ1v) is 8.42. The number of hydrogen-bond acceptors (Lipinski definition) is 2. The number of nitrogens with two attached hydrogens (primary N) is 1. The van der Waals surface area contributed by atoms with E-state index >= 15 is 0 Å². The van der Waals surface area contributed by atoms with Gasteiger partial charge in [-0.25, -0.2) is 0 Å². The van der Waals surface area contributed by atoms with E-state index in [1.165, 1.54) is 12.8 Å². The average Bonchev–Trinajstić information content (AvgIpc) is 2.48. The van der Waals surface area contributed by atoms with E-state index in [4.69, 9.17) is 17.3 Å². The predicted octanol–water partition coefficient (Wildman–Crippen LogP) is 3.53. The minimum absolute atomic E-state index is 0.0358. The van der Waals surface area contributed by atoms with Crippen molar-refractivity contribution in [1.82, 2.24) is 4.90 Å². The Kier molecular flexibility index (Phi) is 5.69. The van der Waals surface area contributed by atoms with Crippen molar-refractivity contribution >= 4 is 40.1 Å². The van der Waals surface area contributed by atoms with Gasteiger partial charge in [-0.3, -0.25) is 4.79 Å². The topological polar surface area (TPSA) is 46.3 Å². The summed E-state index contributed by atoms with van der Waals surface area (Å²) in [4.78, 5) is 14.4. The van der Waals surface area contributed by atoms with E-state index in [2.05, 4.69) is 22.6 Å². The van der Waals surface area contributed by atoms with E-state index in [9.17, 15) is 4.79 Å². The lowest BCUT2D eigenvalue weighted by Gasteiger charge is -2.37. The highest BCUT2D eigenvalue weighted by atomic mass is 127. The molecule has 110 valence electrons. The highest BCUT2D eigenvalue weighted by Gasteiger charge is 2.30. The number of halogens is 2. The van der Waals surface area contributed by atoms with Crippen LogP contribution < -0.4 is 5.73 Å². The van der Waals surface area contributed by atoms with Crippen molar-refractivity contribution < 1.29 is 4.79 Å². The summed E-state index contributed by atoms with van der Waals surface area (Å²) < 4.78 is 0.959. The molecule has 1 fully saturated rings. The average molecular weight is 407 g/mol. The summed E-state index contributed by atoms with van der Waals surface area (Å²) in [6, 6.07) is 5.72. The van der Waals surface area contributed by atoms with Gasteiger partial charge in [0.1, 0.15) is 0 Å². The van der Waals surface area contributed by atoms with Crippen molar-refractivity contribution in [2.45, 2.75) is 31.7 Å². The van der Waals surface area contributed by atoms with Crippen molar-refractivity contribution in [2.75, 3.05) is 13.6 Å². The van der Waals surface area contributed by atoms with Crippen LogP contribution in [-0.4, -0.2) is 30.4 Å². The zero-order valence-corrected chi connectivity index (χ0v) is 14.5. The molecule has 0 aromatic heterocycles. The van der Waals surface area contributed by atoms with Crippen LogP contribution in [0.15, 0.2) is 18.2 Å². The largest absolute Gasteiger partial charge is 0.338 e. The van der Waals surface area contributed by atoms with Crippen LogP contribution in [0, 0.1) is 9.49 Å². The molecular weight excluding hydrogens is 387 g/mol. The Morgan fingerprint density at radius 1 is 1.45 bits per heavy atom. The Morgan fingerprint density at radius 3 is 2.80 bits per heavy atom. The Morgan fingerprint density at radius 2 is 2.15 bits per heavy atom. The normalized spacial score (nSPS) is 22.6. The maximum Gasteiger partial charge on any atom is 0.253 e. The van der Waals surface area contributed by atoms with Crippen LogP contribution in [0.4, 0.5) is 0 Å². The van der Waals surface area contributed by atoms with Gasteiger partial charge in [-0.15, -0.1) is 0 Å². The number of carbonyl (C=O) groups excluding carboxylic acids is 1. The van der Waals surface area contributed by atoms with Gasteiger partial charge in [0.15, 0.2) is 0 Å². The molecule has 1 saturated carbocycles. The quantitative estimate of drug-likeness (QED) is 0.781. The maximum absolute atomic E-state index is 12.6. The van der Waals surface area contributed by atoms with Gasteiger partial charge in [0.2, 0.25) is 0 Å². The number of carbonyl (C=O) groups is 1. The summed E-state index contributed by atoms with van der Waals surface area (Å²) in [6.07, 6.45) is 4.55. The summed E-state index contributed by atoms with van der Waals surface area (Å²) in [5.74, 6) is 0.450. The van der Waals surface area contributed by atoms with Gasteiger partial charge < -0.3 is 10.6 Å². The molecule has 0 saturated heterocycles. The summed E-state index contributed by atoms with van der Waals surface area (Å²) in [7, 11) is 1.88. The molecule has 0 bridgehead atoms. The second-order valence-corrected chi connectivity index (χ2v) is 6.96. The minimum atomic E-state index is 0.0358. The first-order valence-electron chi connectivity index (χ1n) is 6.97. The van der Waals surface area contributed by atoms with Gasteiger partial charge in [0.25, 0.3) is 5.91 Å². The van der Waals surface area contributed by atoms with Crippen LogP contribution in [-0.2, 0) is 0 Å². The lowest BCUT2D eigenvalue weighted by molar-refractivity contribution is 0.0620. The van der Waals surface area contributed by atoms with Gasteiger partial charge in [-0.2, -0.15) is 0 Å². The monoisotopic (exact) mass is 406 g/mol. The Hall–Kier alpha value is -0.330. The van der Waals surface area contributed by atoms with E-state index in [-0.39, 0.29) is 11.9 Å². The van der Waals surface area contributed by atoms with Crippen molar-refractivity contribution in [3.05, 3.63) is 32.4 Å². The zero-order valence-electron chi connectivity index (χ0n) is 11.6. The molecule has 20 heavy (non-hydrogen) atoms. The second-order valence-electron chi connectivity index (χ2n) is 5.39. The molecular formula is C15H20ClIN2O. The van der Waals surface area contributed by atoms with Gasteiger partial charge in [-0.05, 0) is 66.1 Å². The molecule has 2 atom stereocenters. The summed E-state index contributed by atoms with van der Waals surface area (Å²) in [5.41, 5.74) is 6.51. The molecule has 0 aliphatic heterocycles. The zero-order chi connectivity index (χ0) is 14.7. The number of hydrogen-bond donors (Lipinski definition) is 1. The summed E-state index contributed by atoms with van der Waals surface area (Å²) >= 11 is 8.27.